The van der Waals surface area contributed by atoms with Crippen molar-refractivity contribution in [3.63, 3.8) is 0 Å². The number of benzene rings is 2. The number of amides is 1. The molecule has 7 heteroatoms. The molecule has 3 rings (SSSR count). The second-order valence-corrected chi connectivity index (χ2v) is 6.25. The maximum absolute atomic E-state index is 13.0. The third-order valence-electron chi connectivity index (χ3n) is 4.88. The second-order valence-electron chi connectivity index (χ2n) is 6.25. The minimum absolute atomic E-state index is 0.281. The van der Waals surface area contributed by atoms with E-state index in [1.54, 1.807) is 37.4 Å². The fourth-order valence-electron chi connectivity index (χ4n) is 3.56. The zero-order valence-corrected chi connectivity index (χ0v) is 15.6. The van der Waals surface area contributed by atoms with Gasteiger partial charge in [0.05, 0.1) is 27.4 Å². The number of carbonyl (C=O) groups is 2. The Bertz CT molecular complexity index is 894. The van der Waals surface area contributed by atoms with Gasteiger partial charge < -0.3 is 24.2 Å². The Morgan fingerprint density at radius 1 is 1.04 bits per heavy atom. The quantitative estimate of drug-likeness (QED) is 0.870. The molecule has 0 saturated heterocycles. The average Bonchev–Trinajstić information content (AvgIpc) is 2.69. The van der Waals surface area contributed by atoms with E-state index in [1.807, 2.05) is 0 Å². The maximum atomic E-state index is 13.0. The number of carboxylic acid groups (broad SMARTS) is 1. The summed E-state index contributed by atoms with van der Waals surface area (Å²) in [5.41, 5.74) is 1.37. The highest BCUT2D eigenvalue weighted by molar-refractivity contribution is 6.01. The molecule has 7 nitrogen and oxygen atoms in total. The molecule has 0 aromatic heterocycles. The molecule has 1 aliphatic heterocycles. The highest BCUT2D eigenvalue weighted by atomic mass is 16.5. The molecule has 1 heterocycles. The van der Waals surface area contributed by atoms with Crippen LogP contribution in [0.3, 0.4) is 0 Å². The highest BCUT2D eigenvalue weighted by Crippen LogP contribution is 2.45. The van der Waals surface area contributed by atoms with Crippen LogP contribution in [0.5, 0.6) is 17.2 Å². The molecule has 0 unspecified atom stereocenters. The van der Waals surface area contributed by atoms with Crippen molar-refractivity contribution >= 4 is 11.9 Å². The molecule has 0 spiro atoms. The first-order chi connectivity index (χ1) is 12.9. The molecule has 2 aromatic rings. The summed E-state index contributed by atoms with van der Waals surface area (Å²) in [5.74, 6) is -0.927. The van der Waals surface area contributed by atoms with Crippen molar-refractivity contribution < 1.29 is 28.9 Å². The fraction of sp³-hybridized carbons (Fsp3) is 0.300. The van der Waals surface area contributed by atoms with Gasteiger partial charge in [-0.15, -0.1) is 0 Å². The normalized spacial score (nSPS) is 18.7. The van der Waals surface area contributed by atoms with Crippen LogP contribution in [0.2, 0.25) is 0 Å². The number of nitrogens with zero attached hydrogens (tertiary/aromatic N) is 1. The number of carbonyl (C=O) groups excluding carboxylic acids is 1. The Morgan fingerprint density at radius 3 is 2.30 bits per heavy atom. The lowest BCUT2D eigenvalue weighted by atomic mass is 9.79. The molecular formula is C20H21NO6. The van der Waals surface area contributed by atoms with Gasteiger partial charge in [0.1, 0.15) is 11.7 Å². The summed E-state index contributed by atoms with van der Waals surface area (Å²) in [5, 5.41) is 10.00. The molecule has 0 aliphatic carbocycles. The van der Waals surface area contributed by atoms with E-state index in [1.165, 1.54) is 32.3 Å². The number of hydrogen-bond acceptors (Lipinski definition) is 5. The van der Waals surface area contributed by atoms with Crippen LogP contribution in [0.25, 0.3) is 0 Å². The molecule has 1 N–H and O–H groups in total. The molecule has 142 valence electrons. The summed E-state index contributed by atoms with van der Waals surface area (Å²) < 4.78 is 15.8. The molecule has 27 heavy (non-hydrogen) atoms. The maximum Gasteiger partial charge on any atom is 0.313 e. The highest BCUT2D eigenvalue weighted by Gasteiger charge is 2.43. The lowest BCUT2D eigenvalue weighted by Gasteiger charge is -2.39. The second kappa shape index (κ2) is 7.19. The third-order valence-corrected chi connectivity index (χ3v) is 4.88. The molecule has 2 atom stereocenters. The summed E-state index contributed by atoms with van der Waals surface area (Å²) in [4.78, 5) is 26.7. The van der Waals surface area contributed by atoms with Crippen molar-refractivity contribution in [2.45, 2.75) is 12.0 Å². The van der Waals surface area contributed by atoms with E-state index in [0.717, 1.165) is 0 Å². The zero-order chi connectivity index (χ0) is 19.7. The van der Waals surface area contributed by atoms with E-state index in [4.69, 9.17) is 14.2 Å². The number of aliphatic carboxylic acids is 1. The van der Waals surface area contributed by atoms with Gasteiger partial charge in [0, 0.05) is 12.6 Å². The Morgan fingerprint density at radius 2 is 1.70 bits per heavy atom. The molecule has 0 saturated carbocycles. The minimum Gasteiger partial charge on any atom is -0.497 e. The van der Waals surface area contributed by atoms with Crippen LogP contribution in [0.1, 0.15) is 33.4 Å². The van der Waals surface area contributed by atoms with E-state index in [2.05, 4.69) is 0 Å². The van der Waals surface area contributed by atoms with Gasteiger partial charge in [-0.3, -0.25) is 9.59 Å². The molecular weight excluding hydrogens is 350 g/mol. The van der Waals surface area contributed by atoms with Gasteiger partial charge in [0.2, 0.25) is 0 Å². The van der Waals surface area contributed by atoms with Crippen LogP contribution in [-0.4, -0.2) is 50.3 Å². The average molecular weight is 371 g/mol. The molecule has 2 aromatic carbocycles. The zero-order valence-electron chi connectivity index (χ0n) is 15.6. The number of rotatable bonds is 5. The van der Waals surface area contributed by atoms with Gasteiger partial charge in [-0.2, -0.15) is 0 Å². The van der Waals surface area contributed by atoms with E-state index in [0.29, 0.717) is 33.9 Å². The fourth-order valence-corrected chi connectivity index (χ4v) is 3.56. The molecule has 0 bridgehead atoms. The number of likely N-dealkylation sites (N-methyl/N-ethyl adjacent to an activating group) is 1. The van der Waals surface area contributed by atoms with E-state index >= 15 is 0 Å². The topological polar surface area (TPSA) is 85.3 Å². The van der Waals surface area contributed by atoms with Gasteiger partial charge in [-0.25, -0.2) is 0 Å². The molecule has 0 radical (unpaired) electrons. The predicted molar refractivity (Wildman–Crippen MR) is 97.8 cm³/mol. The predicted octanol–water partition coefficient (Wildman–Crippen LogP) is 2.71. The summed E-state index contributed by atoms with van der Waals surface area (Å²) in [6.45, 7) is 0. The first kappa shape index (κ1) is 18.6. The van der Waals surface area contributed by atoms with Crippen molar-refractivity contribution in [2.75, 3.05) is 28.4 Å². The van der Waals surface area contributed by atoms with Crippen LogP contribution in [0, 0.1) is 0 Å². The number of carboxylic acids is 1. The number of hydrogen-bond donors (Lipinski definition) is 1. The van der Waals surface area contributed by atoms with Crippen LogP contribution < -0.4 is 14.2 Å². The standard InChI is InChI=1S/C20H21NO6/c1-21-18(11-6-5-7-12(8-11)25-2)17(20(23)24)13-9-15(26-3)16(27-4)10-14(13)19(21)22/h5-10,17-18H,1-4H3,(H,23,24)/t17-,18+/m1/s1. The Hall–Kier alpha value is -3.22. The van der Waals surface area contributed by atoms with E-state index in [-0.39, 0.29) is 5.91 Å². The Labute approximate surface area is 157 Å². The largest absolute Gasteiger partial charge is 0.497 e. The number of ether oxygens (including phenoxy) is 3. The lowest BCUT2D eigenvalue weighted by molar-refractivity contribution is -0.140. The first-order valence-corrected chi connectivity index (χ1v) is 8.32. The molecule has 0 fully saturated rings. The van der Waals surface area contributed by atoms with Crippen molar-refractivity contribution in [1.82, 2.24) is 4.90 Å². The van der Waals surface area contributed by atoms with Crippen molar-refractivity contribution in [2.24, 2.45) is 0 Å². The van der Waals surface area contributed by atoms with Crippen LogP contribution in [-0.2, 0) is 4.79 Å². The SMILES string of the molecule is COc1cccc([C@H]2[C@H](C(=O)O)c3cc(OC)c(OC)cc3C(=O)N2C)c1. The number of methoxy groups -OCH3 is 3. The van der Waals surface area contributed by atoms with Gasteiger partial charge >= 0.3 is 5.97 Å². The smallest absolute Gasteiger partial charge is 0.313 e. The summed E-state index contributed by atoms with van der Waals surface area (Å²) in [6.07, 6.45) is 0. The van der Waals surface area contributed by atoms with Gasteiger partial charge in [-0.1, -0.05) is 12.1 Å². The van der Waals surface area contributed by atoms with Crippen LogP contribution >= 0.6 is 0 Å². The van der Waals surface area contributed by atoms with Gasteiger partial charge in [-0.05, 0) is 35.4 Å². The van der Waals surface area contributed by atoms with Gasteiger partial charge in [0.25, 0.3) is 5.91 Å². The van der Waals surface area contributed by atoms with Crippen LogP contribution in [0.4, 0.5) is 0 Å². The van der Waals surface area contributed by atoms with Crippen LogP contribution in [0.15, 0.2) is 36.4 Å². The molecule has 1 aliphatic rings. The Kier molecular flexibility index (Phi) is 4.94. The lowest BCUT2D eigenvalue weighted by Crippen LogP contribution is -2.42. The summed E-state index contributed by atoms with van der Waals surface area (Å²) in [6, 6.07) is 9.50. The molecule has 1 amide bonds. The summed E-state index contributed by atoms with van der Waals surface area (Å²) in [7, 11) is 6.07. The first-order valence-electron chi connectivity index (χ1n) is 8.32. The van der Waals surface area contributed by atoms with Crippen molar-refractivity contribution in [1.29, 1.82) is 0 Å². The van der Waals surface area contributed by atoms with E-state index < -0.39 is 17.9 Å². The van der Waals surface area contributed by atoms with Crippen molar-refractivity contribution in [3.8, 4) is 17.2 Å². The van der Waals surface area contributed by atoms with Crippen molar-refractivity contribution in [3.05, 3.63) is 53.1 Å². The van der Waals surface area contributed by atoms with Gasteiger partial charge in [0.15, 0.2) is 11.5 Å². The van der Waals surface area contributed by atoms with E-state index in [9.17, 15) is 14.7 Å². The number of fused-ring (bicyclic) bond motifs is 1. The minimum atomic E-state index is -1.03. The summed E-state index contributed by atoms with van der Waals surface area (Å²) >= 11 is 0. The monoisotopic (exact) mass is 371 g/mol. The third kappa shape index (κ3) is 3.05. The Balaban J connectivity index is 2.23.